The molecule has 0 bridgehead atoms. The average molecular weight is 203 g/mol. The first kappa shape index (κ1) is 11.4. The molecule has 1 rings (SSSR count). The molecule has 0 aliphatic carbocycles. The van der Waals surface area contributed by atoms with Gasteiger partial charge in [0.15, 0.2) is 5.79 Å². The van der Waals surface area contributed by atoms with Crippen LogP contribution in [0.1, 0.15) is 13.8 Å². The van der Waals surface area contributed by atoms with E-state index in [1.54, 1.807) is 13.8 Å². The number of esters is 1. The Hall–Kier alpha value is -0.650. The Morgan fingerprint density at radius 3 is 2.57 bits per heavy atom. The standard InChI is InChI=1S/C9H17NO4/c1-3-12-8(11)7(6-10)9(2)13-4-5-14-9/h7H,3-6,10H2,1-2H3. The number of ether oxygens (including phenoxy) is 3. The number of carbonyl (C=O) groups excluding carboxylic acids is 1. The van der Waals surface area contributed by atoms with Gasteiger partial charge in [-0.2, -0.15) is 0 Å². The van der Waals surface area contributed by atoms with E-state index in [4.69, 9.17) is 19.9 Å². The summed E-state index contributed by atoms with van der Waals surface area (Å²) in [6, 6.07) is 0. The van der Waals surface area contributed by atoms with E-state index in [-0.39, 0.29) is 12.5 Å². The molecule has 1 saturated heterocycles. The average Bonchev–Trinajstić information content (AvgIpc) is 2.54. The molecule has 14 heavy (non-hydrogen) atoms. The van der Waals surface area contributed by atoms with E-state index < -0.39 is 11.7 Å². The van der Waals surface area contributed by atoms with Crippen LogP contribution in [-0.2, 0) is 19.0 Å². The summed E-state index contributed by atoms with van der Waals surface area (Å²) >= 11 is 0. The first-order chi connectivity index (χ1) is 6.64. The zero-order valence-corrected chi connectivity index (χ0v) is 8.62. The molecule has 0 amide bonds. The first-order valence-corrected chi connectivity index (χ1v) is 4.78. The van der Waals surface area contributed by atoms with Crippen LogP contribution < -0.4 is 5.73 Å². The summed E-state index contributed by atoms with van der Waals surface area (Å²) in [5, 5.41) is 0. The van der Waals surface area contributed by atoms with Crippen molar-refractivity contribution in [1.82, 2.24) is 0 Å². The monoisotopic (exact) mass is 203 g/mol. The second-order valence-corrected chi connectivity index (χ2v) is 3.25. The minimum absolute atomic E-state index is 0.162. The third kappa shape index (κ3) is 2.23. The Bertz CT molecular complexity index is 201. The Balaban J connectivity index is 2.64. The van der Waals surface area contributed by atoms with Crippen LogP contribution in [0.15, 0.2) is 0 Å². The molecule has 0 aromatic carbocycles. The van der Waals surface area contributed by atoms with Crippen molar-refractivity contribution in [3.63, 3.8) is 0 Å². The molecule has 5 heteroatoms. The molecule has 0 aromatic rings. The molecular weight excluding hydrogens is 186 g/mol. The molecule has 1 fully saturated rings. The first-order valence-electron chi connectivity index (χ1n) is 4.78. The zero-order chi connectivity index (χ0) is 10.6. The van der Waals surface area contributed by atoms with Crippen LogP contribution in [0.4, 0.5) is 0 Å². The smallest absolute Gasteiger partial charge is 0.315 e. The quantitative estimate of drug-likeness (QED) is 0.645. The molecule has 1 aliphatic heterocycles. The predicted octanol–water partition coefficient (Wildman–Crippen LogP) is -0.113. The van der Waals surface area contributed by atoms with Crippen molar-refractivity contribution in [3.05, 3.63) is 0 Å². The van der Waals surface area contributed by atoms with Gasteiger partial charge in [0.1, 0.15) is 5.92 Å². The van der Waals surface area contributed by atoms with Crippen LogP contribution in [0.3, 0.4) is 0 Å². The minimum Gasteiger partial charge on any atom is -0.466 e. The summed E-state index contributed by atoms with van der Waals surface area (Å²) in [6.45, 7) is 4.96. The highest BCUT2D eigenvalue weighted by Gasteiger charge is 2.44. The number of hydrogen-bond donors (Lipinski definition) is 1. The minimum atomic E-state index is -0.916. The number of nitrogens with two attached hydrogens (primary N) is 1. The summed E-state index contributed by atoms with van der Waals surface area (Å²) in [6.07, 6.45) is 0. The summed E-state index contributed by atoms with van der Waals surface area (Å²) < 4.78 is 15.6. The van der Waals surface area contributed by atoms with Crippen LogP contribution in [0.25, 0.3) is 0 Å². The number of carbonyl (C=O) groups is 1. The lowest BCUT2D eigenvalue weighted by Crippen LogP contribution is -2.45. The van der Waals surface area contributed by atoms with Crippen molar-refractivity contribution >= 4 is 5.97 Å². The normalized spacial score (nSPS) is 21.9. The van der Waals surface area contributed by atoms with Gasteiger partial charge in [0.25, 0.3) is 0 Å². The van der Waals surface area contributed by atoms with E-state index in [9.17, 15) is 4.79 Å². The maximum Gasteiger partial charge on any atom is 0.315 e. The van der Waals surface area contributed by atoms with Gasteiger partial charge in [0, 0.05) is 6.54 Å². The van der Waals surface area contributed by atoms with E-state index >= 15 is 0 Å². The highest BCUT2D eigenvalue weighted by molar-refractivity contribution is 5.73. The molecule has 82 valence electrons. The maximum absolute atomic E-state index is 11.5. The van der Waals surface area contributed by atoms with E-state index in [2.05, 4.69) is 0 Å². The summed E-state index contributed by atoms with van der Waals surface area (Å²) in [5.74, 6) is -1.83. The van der Waals surface area contributed by atoms with E-state index in [1.807, 2.05) is 0 Å². The van der Waals surface area contributed by atoms with Gasteiger partial charge in [-0.25, -0.2) is 0 Å². The fraction of sp³-hybridized carbons (Fsp3) is 0.889. The van der Waals surface area contributed by atoms with Crippen molar-refractivity contribution in [2.24, 2.45) is 11.7 Å². The molecule has 1 atom stereocenters. The summed E-state index contributed by atoms with van der Waals surface area (Å²) in [5.41, 5.74) is 5.51. The molecule has 0 aromatic heterocycles. The van der Waals surface area contributed by atoms with Gasteiger partial charge in [0.2, 0.25) is 0 Å². The van der Waals surface area contributed by atoms with E-state index in [0.717, 1.165) is 0 Å². The fourth-order valence-corrected chi connectivity index (χ4v) is 1.50. The van der Waals surface area contributed by atoms with Gasteiger partial charge in [-0.15, -0.1) is 0 Å². The summed E-state index contributed by atoms with van der Waals surface area (Å²) in [7, 11) is 0. The van der Waals surface area contributed by atoms with Crippen molar-refractivity contribution in [1.29, 1.82) is 0 Å². The molecule has 5 nitrogen and oxygen atoms in total. The van der Waals surface area contributed by atoms with Crippen molar-refractivity contribution in [2.45, 2.75) is 19.6 Å². The van der Waals surface area contributed by atoms with Gasteiger partial charge >= 0.3 is 5.97 Å². The lowest BCUT2D eigenvalue weighted by molar-refractivity contribution is -0.198. The van der Waals surface area contributed by atoms with E-state index in [1.165, 1.54) is 0 Å². The molecule has 1 aliphatic rings. The van der Waals surface area contributed by atoms with Crippen LogP contribution >= 0.6 is 0 Å². The van der Waals surface area contributed by atoms with Crippen LogP contribution in [0.5, 0.6) is 0 Å². The predicted molar refractivity (Wildman–Crippen MR) is 49.5 cm³/mol. The Morgan fingerprint density at radius 1 is 1.57 bits per heavy atom. The Labute approximate surface area is 83.5 Å². The van der Waals surface area contributed by atoms with Gasteiger partial charge < -0.3 is 19.9 Å². The highest BCUT2D eigenvalue weighted by Crippen LogP contribution is 2.28. The summed E-state index contributed by atoms with van der Waals surface area (Å²) in [4.78, 5) is 11.5. The largest absolute Gasteiger partial charge is 0.466 e. The highest BCUT2D eigenvalue weighted by atomic mass is 16.7. The third-order valence-electron chi connectivity index (χ3n) is 2.30. The van der Waals surface area contributed by atoms with Crippen LogP contribution in [0.2, 0.25) is 0 Å². The third-order valence-corrected chi connectivity index (χ3v) is 2.30. The molecule has 0 spiro atoms. The molecular formula is C9H17NO4. The van der Waals surface area contributed by atoms with Crippen LogP contribution in [-0.4, -0.2) is 38.1 Å². The second-order valence-electron chi connectivity index (χ2n) is 3.25. The number of rotatable bonds is 4. The lowest BCUT2D eigenvalue weighted by atomic mass is 10.0. The maximum atomic E-state index is 11.5. The number of hydrogen-bond acceptors (Lipinski definition) is 5. The molecule has 0 saturated carbocycles. The molecule has 0 radical (unpaired) electrons. The van der Waals surface area contributed by atoms with E-state index in [0.29, 0.717) is 19.8 Å². The van der Waals surface area contributed by atoms with Gasteiger partial charge in [0.05, 0.1) is 19.8 Å². The molecule has 1 unspecified atom stereocenters. The molecule has 2 N–H and O–H groups in total. The Kier molecular flexibility index (Phi) is 3.86. The Morgan fingerprint density at radius 2 is 2.14 bits per heavy atom. The van der Waals surface area contributed by atoms with Crippen molar-refractivity contribution in [2.75, 3.05) is 26.4 Å². The topological polar surface area (TPSA) is 70.8 Å². The fourth-order valence-electron chi connectivity index (χ4n) is 1.50. The van der Waals surface area contributed by atoms with Gasteiger partial charge in [-0.3, -0.25) is 4.79 Å². The second kappa shape index (κ2) is 4.72. The van der Waals surface area contributed by atoms with Gasteiger partial charge in [-0.05, 0) is 13.8 Å². The zero-order valence-electron chi connectivity index (χ0n) is 8.62. The van der Waals surface area contributed by atoms with Crippen molar-refractivity contribution < 1.29 is 19.0 Å². The van der Waals surface area contributed by atoms with Gasteiger partial charge in [-0.1, -0.05) is 0 Å². The van der Waals surface area contributed by atoms with Crippen LogP contribution in [0, 0.1) is 5.92 Å². The SMILES string of the molecule is CCOC(=O)C(CN)C1(C)OCCO1. The lowest BCUT2D eigenvalue weighted by Gasteiger charge is -2.29. The molecule has 1 heterocycles. The van der Waals surface area contributed by atoms with Crippen molar-refractivity contribution in [3.8, 4) is 0 Å².